The van der Waals surface area contributed by atoms with Gasteiger partial charge in [-0.05, 0) is 30.5 Å². The zero-order chi connectivity index (χ0) is 14.1. The van der Waals surface area contributed by atoms with Crippen molar-refractivity contribution in [2.75, 3.05) is 20.8 Å². The van der Waals surface area contributed by atoms with Crippen LogP contribution in [0.3, 0.4) is 0 Å². The highest BCUT2D eigenvalue weighted by atomic mass is 16.7. The summed E-state index contributed by atoms with van der Waals surface area (Å²) < 4.78 is 10.9. The Morgan fingerprint density at radius 1 is 1.11 bits per heavy atom. The Bertz CT molecular complexity index is 350. The lowest BCUT2D eigenvalue weighted by molar-refractivity contribution is -0.124. The molecular formula is C16H27NO2. The van der Waals surface area contributed by atoms with Crippen LogP contribution in [0.25, 0.3) is 0 Å². The van der Waals surface area contributed by atoms with Crippen LogP contribution in [0.5, 0.6) is 0 Å². The molecule has 0 bridgehead atoms. The molecule has 0 saturated carbocycles. The van der Waals surface area contributed by atoms with E-state index in [1.165, 1.54) is 11.1 Å². The first-order valence-corrected chi connectivity index (χ1v) is 7.14. The van der Waals surface area contributed by atoms with Gasteiger partial charge in [0.25, 0.3) is 0 Å². The third kappa shape index (κ3) is 4.94. The van der Waals surface area contributed by atoms with Gasteiger partial charge in [0.2, 0.25) is 0 Å². The molecule has 1 atom stereocenters. The van der Waals surface area contributed by atoms with Gasteiger partial charge in [0.1, 0.15) is 0 Å². The minimum atomic E-state index is -0.261. The number of rotatable bonds is 9. The summed E-state index contributed by atoms with van der Waals surface area (Å²) in [4.78, 5) is 0. The molecule has 0 spiro atoms. The van der Waals surface area contributed by atoms with Gasteiger partial charge < -0.3 is 14.8 Å². The average molecular weight is 265 g/mol. The molecule has 0 aromatic heterocycles. The Labute approximate surface area is 117 Å². The molecule has 108 valence electrons. The fourth-order valence-electron chi connectivity index (χ4n) is 2.27. The van der Waals surface area contributed by atoms with Crippen molar-refractivity contribution in [2.45, 2.75) is 45.4 Å². The average Bonchev–Trinajstić information content (AvgIpc) is 2.44. The number of benzene rings is 1. The summed E-state index contributed by atoms with van der Waals surface area (Å²) in [6, 6.07) is 8.76. The van der Waals surface area contributed by atoms with E-state index in [0.717, 1.165) is 25.8 Å². The lowest BCUT2D eigenvalue weighted by Gasteiger charge is -2.26. The van der Waals surface area contributed by atoms with E-state index in [1.807, 2.05) is 0 Å². The first kappa shape index (κ1) is 16.2. The second-order valence-electron chi connectivity index (χ2n) is 4.77. The zero-order valence-corrected chi connectivity index (χ0v) is 12.6. The lowest BCUT2D eigenvalue weighted by atomic mass is 10.0. The van der Waals surface area contributed by atoms with Gasteiger partial charge in [0.05, 0.1) is 6.04 Å². The van der Waals surface area contributed by atoms with Gasteiger partial charge >= 0.3 is 0 Å². The molecule has 1 aromatic rings. The molecule has 1 N–H and O–H groups in total. The molecule has 0 amide bonds. The Balaban J connectivity index is 2.91. The molecule has 0 aliphatic heterocycles. The maximum Gasteiger partial charge on any atom is 0.176 e. The maximum atomic E-state index is 5.43. The highest BCUT2D eigenvalue weighted by Crippen LogP contribution is 2.21. The lowest BCUT2D eigenvalue weighted by Crippen LogP contribution is -2.35. The molecule has 0 fully saturated rings. The van der Waals surface area contributed by atoms with Crippen LogP contribution >= 0.6 is 0 Å². The van der Waals surface area contributed by atoms with E-state index in [9.17, 15) is 0 Å². The third-order valence-electron chi connectivity index (χ3n) is 3.20. The third-order valence-corrected chi connectivity index (χ3v) is 3.20. The number of hydrogen-bond donors (Lipinski definition) is 1. The predicted molar refractivity (Wildman–Crippen MR) is 79.3 cm³/mol. The van der Waals surface area contributed by atoms with Crippen molar-refractivity contribution in [3.63, 3.8) is 0 Å². The van der Waals surface area contributed by atoms with Gasteiger partial charge in [0, 0.05) is 14.2 Å². The normalized spacial score (nSPS) is 12.9. The van der Waals surface area contributed by atoms with Crippen LogP contribution in [-0.2, 0) is 15.9 Å². The van der Waals surface area contributed by atoms with E-state index in [-0.39, 0.29) is 12.3 Å². The highest BCUT2D eigenvalue weighted by Gasteiger charge is 2.22. The number of methoxy groups -OCH3 is 2. The molecule has 1 aromatic carbocycles. The SMILES string of the molecule is CCCNC(c1cccc(CCC)c1)C(OC)OC. The van der Waals surface area contributed by atoms with Crippen molar-refractivity contribution < 1.29 is 9.47 Å². The largest absolute Gasteiger partial charge is 0.354 e. The summed E-state index contributed by atoms with van der Waals surface area (Å²) in [6.45, 7) is 5.31. The fourth-order valence-corrected chi connectivity index (χ4v) is 2.27. The van der Waals surface area contributed by atoms with E-state index in [4.69, 9.17) is 9.47 Å². The molecule has 0 aliphatic rings. The Morgan fingerprint density at radius 3 is 2.42 bits per heavy atom. The van der Waals surface area contributed by atoms with Crippen molar-refractivity contribution in [3.05, 3.63) is 35.4 Å². The minimum absolute atomic E-state index is 0.0757. The highest BCUT2D eigenvalue weighted by molar-refractivity contribution is 5.26. The number of ether oxygens (including phenoxy) is 2. The summed E-state index contributed by atoms with van der Waals surface area (Å²) in [6.07, 6.45) is 3.10. The summed E-state index contributed by atoms with van der Waals surface area (Å²) in [7, 11) is 3.37. The zero-order valence-electron chi connectivity index (χ0n) is 12.6. The van der Waals surface area contributed by atoms with E-state index < -0.39 is 0 Å². The Morgan fingerprint density at radius 2 is 1.84 bits per heavy atom. The number of hydrogen-bond acceptors (Lipinski definition) is 3. The molecule has 1 unspecified atom stereocenters. The standard InChI is InChI=1S/C16H27NO2/c1-5-8-13-9-7-10-14(12-13)15(17-11-6-2)16(18-3)19-4/h7,9-10,12,15-17H,5-6,8,11H2,1-4H3. The van der Waals surface area contributed by atoms with Crippen LogP contribution in [0.1, 0.15) is 43.9 Å². The molecule has 0 heterocycles. The van der Waals surface area contributed by atoms with E-state index >= 15 is 0 Å². The van der Waals surface area contributed by atoms with Crippen molar-refractivity contribution in [3.8, 4) is 0 Å². The van der Waals surface area contributed by atoms with E-state index in [2.05, 4.69) is 43.4 Å². The van der Waals surface area contributed by atoms with Crippen molar-refractivity contribution in [2.24, 2.45) is 0 Å². The quantitative estimate of drug-likeness (QED) is 0.695. The van der Waals surface area contributed by atoms with E-state index in [0.29, 0.717) is 0 Å². The molecule has 0 radical (unpaired) electrons. The molecule has 0 saturated heterocycles. The van der Waals surface area contributed by atoms with Crippen LogP contribution in [-0.4, -0.2) is 27.1 Å². The fraction of sp³-hybridized carbons (Fsp3) is 0.625. The van der Waals surface area contributed by atoms with Gasteiger partial charge in [-0.3, -0.25) is 0 Å². The first-order chi connectivity index (χ1) is 9.26. The van der Waals surface area contributed by atoms with Crippen LogP contribution in [0, 0.1) is 0 Å². The summed E-state index contributed by atoms with van der Waals surface area (Å²) >= 11 is 0. The van der Waals surface area contributed by atoms with Gasteiger partial charge in [-0.1, -0.05) is 44.5 Å². The second-order valence-corrected chi connectivity index (χ2v) is 4.77. The van der Waals surface area contributed by atoms with Gasteiger partial charge in [-0.2, -0.15) is 0 Å². The topological polar surface area (TPSA) is 30.5 Å². The van der Waals surface area contributed by atoms with Crippen LogP contribution in [0.15, 0.2) is 24.3 Å². The minimum Gasteiger partial charge on any atom is -0.354 e. The summed E-state index contributed by atoms with van der Waals surface area (Å²) in [5.41, 5.74) is 2.60. The molecule has 3 heteroatoms. The van der Waals surface area contributed by atoms with Crippen molar-refractivity contribution in [1.29, 1.82) is 0 Å². The second kappa shape index (κ2) is 9.08. The molecule has 1 rings (SSSR count). The van der Waals surface area contributed by atoms with Crippen LogP contribution in [0.2, 0.25) is 0 Å². The number of aryl methyl sites for hydroxylation is 1. The van der Waals surface area contributed by atoms with Gasteiger partial charge in [-0.25, -0.2) is 0 Å². The van der Waals surface area contributed by atoms with Gasteiger partial charge in [-0.15, -0.1) is 0 Å². The molecular weight excluding hydrogens is 238 g/mol. The van der Waals surface area contributed by atoms with E-state index in [1.54, 1.807) is 14.2 Å². The smallest absolute Gasteiger partial charge is 0.176 e. The Kier molecular flexibility index (Phi) is 7.72. The molecule has 3 nitrogen and oxygen atoms in total. The van der Waals surface area contributed by atoms with Crippen LogP contribution < -0.4 is 5.32 Å². The monoisotopic (exact) mass is 265 g/mol. The Hall–Kier alpha value is -0.900. The van der Waals surface area contributed by atoms with Gasteiger partial charge in [0.15, 0.2) is 6.29 Å². The summed E-state index contributed by atoms with van der Waals surface area (Å²) in [5, 5.41) is 3.51. The first-order valence-electron chi connectivity index (χ1n) is 7.14. The number of nitrogens with one attached hydrogen (secondary N) is 1. The maximum absolute atomic E-state index is 5.43. The van der Waals surface area contributed by atoms with Crippen molar-refractivity contribution >= 4 is 0 Å². The molecule has 19 heavy (non-hydrogen) atoms. The van der Waals surface area contributed by atoms with Crippen molar-refractivity contribution in [1.82, 2.24) is 5.32 Å². The van der Waals surface area contributed by atoms with Crippen LogP contribution in [0.4, 0.5) is 0 Å². The predicted octanol–water partition coefficient (Wildman–Crippen LogP) is 3.30. The summed E-state index contributed by atoms with van der Waals surface area (Å²) in [5.74, 6) is 0. The molecule has 0 aliphatic carbocycles.